The van der Waals surface area contributed by atoms with Gasteiger partial charge >= 0.3 is 0 Å². The molecule has 0 saturated carbocycles. The van der Waals surface area contributed by atoms with Crippen molar-refractivity contribution in [3.8, 4) is 11.3 Å². The Kier molecular flexibility index (Phi) is 6.06. The number of hydrogen-bond donors (Lipinski definition) is 1. The summed E-state index contributed by atoms with van der Waals surface area (Å²) >= 11 is 0. The van der Waals surface area contributed by atoms with E-state index in [-0.39, 0.29) is 36.2 Å². The highest BCUT2D eigenvalue weighted by Gasteiger charge is 2.04. The van der Waals surface area contributed by atoms with E-state index in [2.05, 4.69) is 10.3 Å². The highest BCUT2D eigenvalue weighted by molar-refractivity contribution is 5.91. The van der Waals surface area contributed by atoms with Crippen LogP contribution in [0.25, 0.3) is 17.3 Å². The van der Waals surface area contributed by atoms with Gasteiger partial charge in [0.2, 0.25) is 5.91 Å². The molecule has 3 rings (SSSR count). The third-order valence-electron chi connectivity index (χ3n) is 3.97. The van der Waals surface area contributed by atoms with E-state index in [1.165, 1.54) is 47.3 Å². The Morgan fingerprint density at radius 1 is 1.04 bits per heavy atom. The Morgan fingerprint density at radius 3 is 2.32 bits per heavy atom. The lowest BCUT2D eigenvalue weighted by Crippen LogP contribution is -2.29. The van der Waals surface area contributed by atoms with Gasteiger partial charge in [0.25, 0.3) is 5.56 Å². The second-order valence-electron chi connectivity index (χ2n) is 5.99. The smallest absolute Gasteiger partial charge is 0.253 e. The average molecular weight is 381 g/mol. The Hall–Kier alpha value is -3.61. The number of rotatable bonds is 6. The van der Waals surface area contributed by atoms with Crippen LogP contribution < -0.4 is 10.9 Å². The fraction of sp³-hybridized carbons (Fsp3) is 0.0952. The van der Waals surface area contributed by atoms with Crippen LogP contribution in [0.3, 0.4) is 0 Å². The summed E-state index contributed by atoms with van der Waals surface area (Å²) < 4.78 is 27.2. The van der Waals surface area contributed by atoms with Crippen LogP contribution in [0.4, 0.5) is 8.78 Å². The van der Waals surface area contributed by atoms with Crippen molar-refractivity contribution in [3.05, 3.63) is 94.6 Å². The normalized spacial score (nSPS) is 10.9. The number of hydrogen-bond acceptors (Lipinski definition) is 3. The Morgan fingerprint density at radius 2 is 1.68 bits per heavy atom. The minimum atomic E-state index is -0.360. The van der Waals surface area contributed by atoms with Crippen LogP contribution in [0.1, 0.15) is 5.56 Å². The number of aromatic nitrogens is 2. The van der Waals surface area contributed by atoms with E-state index in [0.29, 0.717) is 16.8 Å². The molecule has 7 heteroatoms. The number of nitrogens with one attached hydrogen (secondary N) is 1. The molecule has 1 aromatic heterocycles. The van der Waals surface area contributed by atoms with Crippen LogP contribution in [0, 0.1) is 11.6 Å². The van der Waals surface area contributed by atoms with Gasteiger partial charge in [-0.05, 0) is 48.0 Å². The first kappa shape index (κ1) is 19.2. The number of carbonyl (C=O) groups is 1. The first-order chi connectivity index (χ1) is 13.5. The van der Waals surface area contributed by atoms with Gasteiger partial charge < -0.3 is 5.32 Å². The zero-order valence-electron chi connectivity index (χ0n) is 14.8. The molecule has 0 radical (unpaired) electrons. The molecule has 1 heterocycles. The third kappa shape index (κ3) is 5.20. The van der Waals surface area contributed by atoms with E-state index in [4.69, 9.17) is 0 Å². The molecule has 0 saturated heterocycles. The van der Waals surface area contributed by atoms with Gasteiger partial charge in [-0.2, -0.15) is 0 Å². The molecule has 5 nitrogen and oxygen atoms in total. The van der Waals surface area contributed by atoms with Gasteiger partial charge in [0.05, 0.1) is 12.0 Å². The zero-order chi connectivity index (χ0) is 19.9. The van der Waals surface area contributed by atoms with Crippen LogP contribution in [-0.2, 0) is 11.3 Å². The van der Waals surface area contributed by atoms with Crippen molar-refractivity contribution in [3.63, 3.8) is 0 Å². The molecule has 0 spiro atoms. The minimum Gasteiger partial charge on any atom is -0.351 e. The standard InChI is InChI=1S/C21H17F2N3O2/c22-17-6-1-15(2-7-17)3-10-20(27)24-11-12-26-14-25-19(13-21(26)28)16-4-8-18(23)9-5-16/h1-10,13-14H,11-12H2,(H,24,27)/b10-3+. The fourth-order valence-electron chi connectivity index (χ4n) is 2.48. The number of carbonyl (C=O) groups excluding carboxylic acids is 1. The van der Waals surface area contributed by atoms with Gasteiger partial charge in [0.1, 0.15) is 11.6 Å². The van der Waals surface area contributed by atoms with Crippen molar-refractivity contribution in [2.24, 2.45) is 0 Å². The predicted octanol–water partition coefficient (Wildman–Crippen LogP) is 3.02. The van der Waals surface area contributed by atoms with Crippen LogP contribution in [-0.4, -0.2) is 22.0 Å². The fourth-order valence-corrected chi connectivity index (χ4v) is 2.48. The summed E-state index contributed by atoms with van der Waals surface area (Å²) in [4.78, 5) is 28.2. The second-order valence-corrected chi connectivity index (χ2v) is 5.99. The SMILES string of the molecule is O=C(/C=C/c1ccc(F)cc1)NCCn1cnc(-c2ccc(F)cc2)cc1=O. The molecule has 0 aliphatic heterocycles. The second kappa shape index (κ2) is 8.85. The van der Waals surface area contributed by atoms with Gasteiger partial charge in [0.15, 0.2) is 0 Å². The summed E-state index contributed by atoms with van der Waals surface area (Å²) in [6.07, 6.45) is 4.30. The molecular formula is C21H17F2N3O2. The van der Waals surface area contributed by atoms with E-state index in [0.717, 1.165) is 0 Å². The molecule has 0 unspecified atom stereocenters. The number of amides is 1. The van der Waals surface area contributed by atoms with E-state index >= 15 is 0 Å². The quantitative estimate of drug-likeness (QED) is 0.668. The van der Waals surface area contributed by atoms with Gasteiger partial charge in [-0.1, -0.05) is 12.1 Å². The lowest BCUT2D eigenvalue weighted by Gasteiger charge is -2.07. The summed E-state index contributed by atoms with van der Waals surface area (Å²) in [5.74, 6) is -1.03. The Balaban J connectivity index is 1.54. The Bertz CT molecular complexity index is 1040. The average Bonchev–Trinajstić information content (AvgIpc) is 2.69. The predicted molar refractivity (Wildman–Crippen MR) is 102 cm³/mol. The molecule has 0 aliphatic carbocycles. The molecule has 2 aromatic carbocycles. The molecular weight excluding hydrogens is 364 g/mol. The Labute approximate surface area is 160 Å². The highest BCUT2D eigenvalue weighted by Crippen LogP contribution is 2.14. The van der Waals surface area contributed by atoms with E-state index in [9.17, 15) is 18.4 Å². The number of halogens is 2. The monoisotopic (exact) mass is 381 g/mol. The first-order valence-corrected chi connectivity index (χ1v) is 8.55. The van der Waals surface area contributed by atoms with Gasteiger partial charge in [-0.25, -0.2) is 13.8 Å². The summed E-state index contributed by atoms with van der Waals surface area (Å²) in [6, 6.07) is 12.8. The third-order valence-corrected chi connectivity index (χ3v) is 3.97. The molecule has 0 fully saturated rings. The highest BCUT2D eigenvalue weighted by atomic mass is 19.1. The van der Waals surface area contributed by atoms with Gasteiger partial charge in [0, 0.05) is 30.8 Å². The van der Waals surface area contributed by atoms with E-state index < -0.39 is 0 Å². The maximum Gasteiger partial charge on any atom is 0.253 e. The molecule has 0 bridgehead atoms. The van der Waals surface area contributed by atoms with Gasteiger partial charge in [-0.15, -0.1) is 0 Å². The largest absolute Gasteiger partial charge is 0.351 e. The van der Waals surface area contributed by atoms with Crippen molar-refractivity contribution < 1.29 is 13.6 Å². The van der Waals surface area contributed by atoms with Crippen molar-refractivity contribution >= 4 is 12.0 Å². The van der Waals surface area contributed by atoms with Crippen molar-refractivity contribution in [1.29, 1.82) is 0 Å². The molecule has 3 aromatic rings. The summed E-state index contributed by atoms with van der Waals surface area (Å²) in [5.41, 5.74) is 1.52. The van der Waals surface area contributed by atoms with Crippen LogP contribution >= 0.6 is 0 Å². The molecule has 1 amide bonds. The van der Waals surface area contributed by atoms with E-state index in [1.807, 2.05) is 0 Å². The maximum absolute atomic E-state index is 13.0. The van der Waals surface area contributed by atoms with Crippen LogP contribution in [0.5, 0.6) is 0 Å². The molecule has 0 atom stereocenters. The molecule has 1 N–H and O–H groups in total. The minimum absolute atomic E-state index is 0.240. The van der Waals surface area contributed by atoms with Crippen molar-refractivity contribution in [2.75, 3.05) is 6.54 Å². The number of nitrogens with zero attached hydrogens (tertiary/aromatic N) is 2. The van der Waals surface area contributed by atoms with Crippen molar-refractivity contribution in [1.82, 2.24) is 14.9 Å². The van der Waals surface area contributed by atoms with Crippen molar-refractivity contribution in [2.45, 2.75) is 6.54 Å². The topological polar surface area (TPSA) is 64.0 Å². The zero-order valence-corrected chi connectivity index (χ0v) is 14.8. The van der Waals surface area contributed by atoms with Crippen LogP contribution in [0.2, 0.25) is 0 Å². The lowest BCUT2D eigenvalue weighted by atomic mass is 10.1. The van der Waals surface area contributed by atoms with E-state index in [1.54, 1.807) is 30.3 Å². The lowest BCUT2D eigenvalue weighted by molar-refractivity contribution is -0.116. The molecule has 0 aliphatic rings. The first-order valence-electron chi connectivity index (χ1n) is 8.55. The van der Waals surface area contributed by atoms with Gasteiger partial charge in [-0.3, -0.25) is 14.2 Å². The molecule has 142 valence electrons. The summed E-state index contributed by atoms with van der Waals surface area (Å²) in [5, 5.41) is 2.66. The summed E-state index contributed by atoms with van der Waals surface area (Å²) in [7, 11) is 0. The van der Waals surface area contributed by atoms with Crippen LogP contribution in [0.15, 0.2) is 71.8 Å². The summed E-state index contributed by atoms with van der Waals surface area (Å²) in [6.45, 7) is 0.496. The molecule has 28 heavy (non-hydrogen) atoms. The maximum atomic E-state index is 13.0. The number of benzene rings is 2.